The van der Waals surface area contributed by atoms with Crippen molar-refractivity contribution < 1.29 is 19.6 Å². The first kappa shape index (κ1) is 14.3. The maximum absolute atomic E-state index is 11.3. The monoisotopic (exact) mass is 265 g/mol. The maximum Gasteiger partial charge on any atom is 0.362 e. The van der Waals surface area contributed by atoms with Crippen molar-refractivity contribution >= 4 is 17.3 Å². The summed E-state index contributed by atoms with van der Waals surface area (Å²) >= 11 is 0. The molecule has 0 fully saturated rings. The van der Waals surface area contributed by atoms with E-state index in [-0.39, 0.29) is 11.4 Å². The standard InChI is InChI=1S/C11H11N3O5/c1-7(15)10(11(16)19-2)13-12-8-5-3-4-6-9(8)14(17)18/h3-6,15H,1-2H3/b10-7+,13-12?. The summed E-state index contributed by atoms with van der Waals surface area (Å²) in [6.45, 7) is 1.23. The average Bonchev–Trinajstić information content (AvgIpc) is 2.38. The first-order valence-electron chi connectivity index (χ1n) is 5.10. The van der Waals surface area contributed by atoms with E-state index in [1.54, 1.807) is 0 Å². The molecule has 0 amide bonds. The number of nitrogens with zero attached hydrogens (tertiary/aromatic N) is 3. The molecule has 0 saturated carbocycles. The van der Waals surface area contributed by atoms with E-state index in [0.717, 1.165) is 7.11 Å². The number of para-hydroxylation sites is 1. The molecule has 1 N–H and O–H groups in total. The number of aliphatic hydroxyl groups excluding tert-OH is 1. The summed E-state index contributed by atoms with van der Waals surface area (Å²) in [6, 6.07) is 5.63. The summed E-state index contributed by atoms with van der Waals surface area (Å²) in [6.07, 6.45) is 0. The number of azo groups is 1. The van der Waals surface area contributed by atoms with Gasteiger partial charge in [-0.2, -0.15) is 0 Å². The lowest BCUT2D eigenvalue weighted by molar-refractivity contribution is -0.384. The van der Waals surface area contributed by atoms with Gasteiger partial charge in [0.15, 0.2) is 5.69 Å². The third-order valence-corrected chi connectivity index (χ3v) is 2.06. The van der Waals surface area contributed by atoms with E-state index in [2.05, 4.69) is 15.0 Å². The fourth-order valence-electron chi connectivity index (χ4n) is 1.16. The van der Waals surface area contributed by atoms with Gasteiger partial charge in [-0.05, 0) is 13.0 Å². The van der Waals surface area contributed by atoms with Crippen LogP contribution < -0.4 is 0 Å². The molecule has 1 aromatic rings. The van der Waals surface area contributed by atoms with Crippen molar-refractivity contribution in [1.29, 1.82) is 0 Å². The Morgan fingerprint density at radius 3 is 2.58 bits per heavy atom. The molecule has 0 heterocycles. The number of nitro benzene ring substituents is 1. The molecule has 0 bridgehead atoms. The lowest BCUT2D eigenvalue weighted by Gasteiger charge is -2.00. The van der Waals surface area contributed by atoms with Gasteiger partial charge < -0.3 is 9.84 Å². The second kappa shape index (κ2) is 6.24. The Hall–Kier alpha value is -2.77. The number of hydrogen-bond acceptors (Lipinski definition) is 7. The zero-order chi connectivity index (χ0) is 14.4. The van der Waals surface area contributed by atoms with Crippen molar-refractivity contribution in [3.8, 4) is 0 Å². The molecule has 0 aliphatic carbocycles. The Bertz CT molecular complexity index is 561. The van der Waals surface area contributed by atoms with Gasteiger partial charge in [-0.25, -0.2) is 4.79 Å². The smallest absolute Gasteiger partial charge is 0.362 e. The third kappa shape index (κ3) is 3.60. The van der Waals surface area contributed by atoms with Gasteiger partial charge in [-0.15, -0.1) is 10.2 Å². The number of hydrogen-bond donors (Lipinski definition) is 1. The fourth-order valence-corrected chi connectivity index (χ4v) is 1.16. The van der Waals surface area contributed by atoms with Gasteiger partial charge in [-0.3, -0.25) is 10.1 Å². The van der Waals surface area contributed by atoms with E-state index in [4.69, 9.17) is 0 Å². The number of ether oxygens (including phenoxy) is 1. The molecule has 19 heavy (non-hydrogen) atoms. The molecule has 0 aromatic heterocycles. The van der Waals surface area contributed by atoms with Crippen molar-refractivity contribution in [1.82, 2.24) is 0 Å². The highest BCUT2D eigenvalue weighted by atomic mass is 16.6. The van der Waals surface area contributed by atoms with Gasteiger partial charge >= 0.3 is 5.97 Å². The van der Waals surface area contributed by atoms with Crippen molar-refractivity contribution in [3.05, 3.63) is 45.8 Å². The number of rotatable bonds is 4. The van der Waals surface area contributed by atoms with Gasteiger partial charge in [0.1, 0.15) is 5.76 Å². The van der Waals surface area contributed by atoms with E-state index in [1.165, 1.54) is 31.2 Å². The molecule has 0 saturated heterocycles. The molecule has 0 aliphatic heterocycles. The van der Waals surface area contributed by atoms with Crippen LogP contribution in [0.1, 0.15) is 6.92 Å². The first-order chi connectivity index (χ1) is 8.97. The number of methoxy groups -OCH3 is 1. The molecule has 8 heteroatoms. The SMILES string of the molecule is COC(=O)/C(N=Nc1ccccc1[N+](=O)[O-])=C(/C)O. The highest BCUT2D eigenvalue weighted by Gasteiger charge is 2.15. The van der Waals surface area contributed by atoms with Crippen LogP contribution in [0.5, 0.6) is 0 Å². The van der Waals surface area contributed by atoms with Crippen molar-refractivity contribution in [2.24, 2.45) is 10.2 Å². The number of benzene rings is 1. The maximum atomic E-state index is 11.3. The normalized spacial score (nSPS) is 12.1. The second-order valence-electron chi connectivity index (χ2n) is 3.37. The number of esters is 1. The van der Waals surface area contributed by atoms with Crippen LogP contribution in [0, 0.1) is 10.1 Å². The Morgan fingerprint density at radius 2 is 2.05 bits per heavy atom. The zero-order valence-electron chi connectivity index (χ0n) is 10.2. The molecule has 100 valence electrons. The number of carbonyl (C=O) groups is 1. The predicted octanol–water partition coefficient (Wildman–Crippen LogP) is 2.64. The average molecular weight is 265 g/mol. The predicted molar refractivity (Wildman–Crippen MR) is 65.0 cm³/mol. The van der Waals surface area contributed by atoms with E-state index in [9.17, 15) is 20.0 Å². The van der Waals surface area contributed by atoms with Gasteiger partial charge in [0, 0.05) is 6.07 Å². The molecule has 0 atom stereocenters. The first-order valence-corrected chi connectivity index (χ1v) is 5.10. The van der Waals surface area contributed by atoms with Gasteiger partial charge in [0.2, 0.25) is 5.70 Å². The van der Waals surface area contributed by atoms with Crippen LogP contribution in [0.2, 0.25) is 0 Å². The number of aliphatic hydroxyl groups is 1. The van der Waals surface area contributed by atoms with Gasteiger partial charge in [0.25, 0.3) is 5.69 Å². The zero-order valence-corrected chi connectivity index (χ0v) is 10.2. The molecule has 0 radical (unpaired) electrons. The van der Waals surface area contributed by atoms with Gasteiger partial charge in [-0.1, -0.05) is 12.1 Å². The van der Waals surface area contributed by atoms with Gasteiger partial charge in [0.05, 0.1) is 12.0 Å². The lowest BCUT2D eigenvalue weighted by Crippen LogP contribution is -2.04. The molecule has 0 spiro atoms. The summed E-state index contributed by atoms with van der Waals surface area (Å²) in [5.41, 5.74) is -0.707. The Kier molecular flexibility index (Phi) is 4.69. The van der Waals surface area contributed by atoms with Crippen molar-refractivity contribution in [2.45, 2.75) is 6.92 Å². The number of carbonyl (C=O) groups excluding carboxylic acids is 1. The van der Waals surface area contributed by atoms with Crippen LogP contribution in [0.4, 0.5) is 11.4 Å². The van der Waals surface area contributed by atoms with Crippen LogP contribution in [-0.4, -0.2) is 23.1 Å². The highest BCUT2D eigenvalue weighted by Crippen LogP contribution is 2.27. The van der Waals surface area contributed by atoms with Crippen LogP contribution in [0.25, 0.3) is 0 Å². The van der Waals surface area contributed by atoms with Crippen LogP contribution in [0.15, 0.2) is 46.0 Å². The van der Waals surface area contributed by atoms with E-state index < -0.39 is 22.3 Å². The number of nitro groups is 1. The summed E-state index contributed by atoms with van der Waals surface area (Å²) < 4.78 is 4.40. The Morgan fingerprint density at radius 1 is 1.42 bits per heavy atom. The fraction of sp³-hybridized carbons (Fsp3) is 0.182. The van der Waals surface area contributed by atoms with Crippen molar-refractivity contribution in [3.63, 3.8) is 0 Å². The Labute approximate surface area is 108 Å². The largest absolute Gasteiger partial charge is 0.510 e. The van der Waals surface area contributed by atoms with E-state index in [0.29, 0.717) is 0 Å². The van der Waals surface area contributed by atoms with E-state index in [1.807, 2.05) is 0 Å². The van der Waals surface area contributed by atoms with Crippen LogP contribution >= 0.6 is 0 Å². The molecule has 8 nitrogen and oxygen atoms in total. The van der Waals surface area contributed by atoms with Crippen LogP contribution in [-0.2, 0) is 9.53 Å². The Balaban J connectivity index is 3.15. The quantitative estimate of drug-likeness (QED) is 0.224. The molecule has 1 aromatic carbocycles. The lowest BCUT2D eigenvalue weighted by atomic mass is 10.3. The highest BCUT2D eigenvalue weighted by molar-refractivity contribution is 5.88. The molecule has 0 aliphatic rings. The summed E-state index contributed by atoms with van der Waals surface area (Å²) in [4.78, 5) is 21.4. The summed E-state index contributed by atoms with van der Waals surface area (Å²) in [7, 11) is 1.12. The molecular weight excluding hydrogens is 254 g/mol. The topological polar surface area (TPSA) is 114 Å². The minimum Gasteiger partial charge on any atom is -0.510 e. The molecule has 0 unspecified atom stereocenters. The molecule has 1 rings (SSSR count). The minimum atomic E-state index is -0.887. The van der Waals surface area contributed by atoms with E-state index >= 15 is 0 Å². The second-order valence-corrected chi connectivity index (χ2v) is 3.37. The summed E-state index contributed by atoms with van der Waals surface area (Å²) in [5.74, 6) is -1.28. The van der Waals surface area contributed by atoms with Crippen LogP contribution in [0.3, 0.4) is 0 Å². The minimum absolute atomic E-state index is 0.0323. The molecular formula is C11H11N3O5. The third-order valence-electron chi connectivity index (χ3n) is 2.06. The number of allylic oxidation sites excluding steroid dienone is 1. The summed E-state index contributed by atoms with van der Waals surface area (Å²) in [5, 5.41) is 27.1. The van der Waals surface area contributed by atoms with Crippen molar-refractivity contribution in [2.75, 3.05) is 7.11 Å².